The van der Waals surface area contributed by atoms with Crippen molar-refractivity contribution in [1.29, 1.82) is 0 Å². The highest BCUT2D eigenvalue weighted by atomic mass is 16.3. The van der Waals surface area contributed by atoms with Crippen LogP contribution in [0.4, 0.5) is 0 Å². The van der Waals surface area contributed by atoms with Gasteiger partial charge in [-0.3, -0.25) is 9.59 Å². The molecule has 0 saturated carbocycles. The van der Waals surface area contributed by atoms with Gasteiger partial charge in [-0.15, -0.1) is 0 Å². The molecule has 0 unspecified atom stereocenters. The number of ketones is 1. The number of rotatable bonds is 6. The van der Waals surface area contributed by atoms with Crippen molar-refractivity contribution in [3.05, 3.63) is 75.5 Å². The van der Waals surface area contributed by atoms with Crippen LogP contribution in [0.1, 0.15) is 44.0 Å². The molecule has 2 aromatic carbocycles. The minimum Gasteiger partial charge on any atom is -0.508 e. The molecule has 1 aromatic heterocycles. The monoisotopic (exact) mass is 420 g/mol. The molecule has 0 aliphatic heterocycles. The average molecular weight is 420 g/mol. The highest BCUT2D eigenvalue weighted by Gasteiger charge is 2.22. The fourth-order valence-electron chi connectivity index (χ4n) is 3.26. The molecule has 160 valence electrons. The Balaban J connectivity index is 2.03. The minimum absolute atomic E-state index is 0.0496. The van der Waals surface area contributed by atoms with Crippen molar-refractivity contribution in [2.45, 2.75) is 33.6 Å². The Morgan fingerprint density at radius 1 is 1.03 bits per heavy atom. The molecule has 0 aliphatic rings. The molecule has 0 atom stereocenters. The van der Waals surface area contributed by atoms with Crippen LogP contribution in [0, 0.1) is 0 Å². The number of hydrogen-bond donors (Lipinski definition) is 3. The predicted octanol–water partition coefficient (Wildman–Crippen LogP) is 5.45. The van der Waals surface area contributed by atoms with Gasteiger partial charge >= 0.3 is 0 Å². The molecular formula is C25H24O6. The first-order chi connectivity index (χ1) is 14.7. The first-order valence-corrected chi connectivity index (χ1v) is 9.84. The fourth-order valence-corrected chi connectivity index (χ4v) is 3.26. The molecule has 0 aliphatic carbocycles. The van der Waals surface area contributed by atoms with Crippen molar-refractivity contribution in [2.75, 3.05) is 0 Å². The lowest BCUT2D eigenvalue weighted by molar-refractivity contribution is 0.104. The zero-order valence-electron chi connectivity index (χ0n) is 17.6. The third-order valence-electron chi connectivity index (χ3n) is 4.84. The molecule has 31 heavy (non-hydrogen) atoms. The van der Waals surface area contributed by atoms with Gasteiger partial charge in [0.15, 0.2) is 11.2 Å². The largest absolute Gasteiger partial charge is 0.508 e. The summed E-state index contributed by atoms with van der Waals surface area (Å²) in [5.74, 6) is -1.41. The molecule has 1 heterocycles. The molecule has 3 N–H and O–H groups in total. The van der Waals surface area contributed by atoms with E-state index in [1.54, 1.807) is 19.1 Å². The van der Waals surface area contributed by atoms with Crippen molar-refractivity contribution in [2.24, 2.45) is 0 Å². The van der Waals surface area contributed by atoms with Crippen LogP contribution >= 0.6 is 0 Å². The number of carbonyl (C=O) groups excluding carboxylic acids is 1. The van der Waals surface area contributed by atoms with E-state index in [9.17, 15) is 24.9 Å². The highest BCUT2D eigenvalue weighted by molar-refractivity contribution is 6.12. The van der Waals surface area contributed by atoms with Gasteiger partial charge in [-0.05, 0) is 64.0 Å². The lowest BCUT2D eigenvalue weighted by atomic mass is 10.0. The van der Waals surface area contributed by atoms with Crippen molar-refractivity contribution in [1.82, 2.24) is 0 Å². The first-order valence-electron chi connectivity index (χ1n) is 9.84. The second-order valence-corrected chi connectivity index (χ2v) is 7.69. The number of benzene rings is 2. The van der Waals surface area contributed by atoms with Crippen LogP contribution in [0.25, 0.3) is 22.3 Å². The molecule has 3 aromatic rings. The van der Waals surface area contributed by atoms with Crippen LogP contribution < -0.4 is 5.43 Å². The molecule has 3 rings (SSSR count). The van der Waals surface area contributed by atoms with Crippen LogP contribution in [0.2, 0.25) is 0 Å². The summed E-state index contributed by atoms with van der Waals surface area (Å²) < 4.78 is 5.69. The number of fused-ring (bicyclic) bond motifs is 1. The van der Waals surface area contributed by atoms with Gasteiger partial charge in [0.05, 0.1) is 0 Å². The van der Waals surface area contributed by atoms with Gasteiger partial charge in [0, 0.05) is 17.7 Å². The molecule has 6 heteroatoms. The summed E-state index contributed by atoms with van der Waals surface area (Å²) in [5, 5.41) is 30.3. The second kappa shape index (κ2) is 8.92. The number of hydrogen-bond acceptors (Lipinski definition) is 6. The molecule has 6 nitrogen and oxygen atoms in total. The van der Waals surface area contributed by atoms with Crippen LogP contribution in [0.5, 0.6) is 17.2 Å². The van der Waals surface area contributed by atoms with Crippen LogP contribution in [-0.4, -0.2) is 21.1 Å². The number of phenols is 3. The maximum atomic E-state index is 12.7. The van der Waals surface area contributed by atoms with Gasteiger partial charge in [-0.1, -0.05) is 17.2 Å². The number of carbonyl (C=O) groups is 1. The molecule has 0 saturated heterocycles. The van der Waals surface area contributed by atoms with Crippen molar-refractivity contribution < 1.29 is 24.5 Å². The van der Waals surface area contributed by atoms with E-state index in [4.69, 9.17) is 4.42 Å². The van der Waals surface area contributed by atoms with Gasteiger partial charge in [0.2, 0.25) is 0 Å². The Morgan fingerprint density at radius 3 is 2.35 bits per heavy atom. The first kappa shape index (κ1) is 21.9. The molecule has 0 spiro atoms. The van der Waals surface area contributed by atoms with Crippen molar-refractivity contribution in [3.8, 4) is 28.6 Å². The topological polar surface area (TPSA) is 108 Å². The highest BCUT2D eigenvalue weighted by Crippen LogP contribution is 2.36. The Labute approximate surface area is 179 Å². The SMILES string of the molecule is CC(C)=CCC/C(C)=C/C(=O)c1c(O)cc2oc(-c3ccc(O)cc3)cc(=O)c2c1O. The van der Waals surface area contributed by atoms with E-state index in [-0.39, 0.29) is 28.0 Å². The average Bonchev–Trinajstić information content (AvgIpc) is 2.67. The predicted molar refractivity (Wildman–Crippen MR) is 120 cm³/mol. The Bertz CT molecular complexity index is 1260. The number of aromatic hydroxyl groups is 3. The van der Waals surface area contributed by atoms with E-state index in [1.807, 2.05) is 13.8 Å². The van der Waals surface area contributed by atoms with Crippen molar-refractivity contribution >= 4 is 16.8 Å². The van der Waals surface area contributed by atoms with E-state index in [2.05, 4.69) is 6.08 Å². The summed E-state index contributed by atoms with van der Waals surface area (Å²) in [4.78, 5) is 25.4. The normalized spacial score (nSPS) is 11.5. The van der Waals surface area contributed by atoms with E-state index in [0.29, 0.717) is 12.0 Å². The Morgan fingerprint density at radius 2 is 1.71 bits per heavy atom. The summed E-state index contributed by atoms with van der Waals surface area (Å²) >= 11 is 0. The summed E-state index contributed by atoms with van der Waals surface area (Å²) in [7, 11) is 0. The van der Waals surface area contributed by atoms with Crippen molar-refractivity contribution in [3.63, 3.8) is 0 Å². The van der Waals surface area contributed by atoms with E-state index >= 15 is 0 Å². The summed E-state index contributed by atoms with van der Waals surface area (Å²) in [5.41, 5.74) is 1.56. The number of allylic oxidation sites excluding steroid dienone is 4. The smallest absolute Gasteiger partial charge is 0.197 e. The van der Waals surface area contributed by atoms with E-state index in [1.165, 1.54) is 29.8 Å². The summed E-state index contributed by atoms with van der Waals surface area (Å²) in [6.45, 7) is 5.78. The molecule has 0 amide bonds. The second-order valence-electron chi connectivity index (χ2n) is 7.69. The van der Waals surface area contributed by atoms with Crippen LogP contribution in [-0.2, 0) is 0 Å². The van der Waals surface area contributed by atoms with E-state index < -0.39 is 22.7 Å². The maximum absolute atomic E-state index is 12.7. The molecular weight excluding hydrogens is 396 g/mol. The fraction of sp³-hybridized carbons (Fsp3) is 0.200. The molecule has 0 fully saturated rings. The lowest BCUT2D eigenvalue weighted by Crippen LogP contribution is -2.05. The zero-order valence-corrected chi connectivity index (χ0v) is 17.6. The molecule has 0 radical (unpaired) electrons. The van der Waals surface area contributed by atoms with Crippen LogP contribution in [0.15, 0.2) is 68.9 Å². The Hall–Kier alpha value is -3.80. The Kier molecular flexibility index (Phi) is 6.30. The van der Waals surface area contributed by atoms with E-state index in [0.717, 1.165) is 18.1 Å². The van der Waals surface area contributed by atoms with Gasteiger partial charge < -0.3 is 19.7 Å². The summed E-state index contributed by atoms with van der Waals surface area (Å²) in [6.07, 6.45) is 4.84. The zero-order chi connectivity index (χ0) is 22.7. The van der Waals surface area contributed by atoms with Gasteiger partial charge in [-0.2, -0.15) is 0 Å². The van der Waals surface area contributed by atoms with Gasteiger partial charge in [0.1, 0.15) is 39.5 Å². The molecule has 0 bridgehead atoms. The number of phenolic OH excluding ortho intramolecular Hbond substituents is 3. The lowest BCUT2D eigenvalue weighted by Gasteiger charge is -2.09. The van der Waals surface area contributed by atoms with Gasteiger partial charge in [0.25, 0.3) is 0 Å². The summed E-state index contributed by atoms with van der Waals surface area (Å²) in [6, 6.07) is 8.38. The van der Waals surface area contributed by atoms with Gasteiger partial charge in [-0.25, -0.2) is 0 Å². The minimum atomic E-state index is -0.612. The third-order valence-corrected chi connectivity index (χ3v) is 4.84. The van der Waals surface area contributed by atoms with Crippen LogP contribution in [0.3, 0.4) is 0 Å². The maximum Gasteiger partial charge on any atom is 0.197 e. The standard InChI is InChI=1S/C25H24O6/c1-14(2)5-4-6-15(3)11-18(27)23-19(28)13-22-24(25(23)30)20(29)12-21(31-22)16-7-9-17(26)10-8-16/h5,7-13,26,28,30H,4,6H2,1-3H3/b15-11+. The quantitative estimate of drug-likeness (QED) is 0.278. The third kappa shape index (κ3) is 4.86.